The lowest BCUT2D eigenvalue weighted by Crippen LogP contribution is -2.24. The number of sulfone groups is 1. The lowest BCUT2D eigenvalue weighted by molar-refractivity contribution is -0.118. The molecule has 1 aromatic carbocycles. The molecule has 0 radical (unpaired) electrons. The molecule has 0 bridgehead atoms. The second-order valence-electron chi connectivity index (χ2n) is 8.13. The smallest absolute Gasteiger partial charge is 0.226 e. The summed E-state index contributed by atoms with van der Waals surface area (Å²) in [6.07, 6.45) is 4.86. The van der Waals surface area contributed by atoms with Crippen molar-refractivity contribution in [1.82, 2.24) is 4.98 Å². The van der Waals surface area contributed by atoms with Crippen LogP contribution in [0, 0.1) is 25.7 Å². The summed E-state index contributed by atoms with van der Waals surface area (Å²) < 4.78 is 30.9. The first-order chi connectivity index (χ1) is 13.2. The van der Waals surface area contributed by atoms with E-state index >= 15 is 0 Å². The highest BCUT2D eigenvalue weighted by molar-refractivity contribution is 7.91. The third-order valence-corrected chi connectivity index (χ3v) is 7.26. The van der Waals surface area contributed by atoms with Crippen molar-refractivity contribution in [3.8, 4) is 11.5 Å². The number of rotatable bonds is 7. The van der Waals surface area contributed by atoms with Gasteiger partial charge in [-0.2, -0.15) is 0 Å². The van der Waals surface area contributed by atoms with Crippen LogP contribution in [-0.4, -0.2) is 24.9 Å². The van der Waals surface area contributed by atoms with Crippen molar-refractivity contribution in [3.63, 3.8) is 0 Å². The number of benzene rings is 1. The van der Waals surface area contributed by atoms with E-state index in [0.717, 1.165) is 30.4 Å². The molecular formula is C22H29NO4S. The Labute approximate surface area is 167 Å². The zero-order valence-electron chi connectivity index (χ0n) is 16.9. The Morgan fingerprint density at radius 3 is 2.61 bits per heavy atom. The van der Waals surface area contributed by atoms with Crippen LogP contribution in [0.5, 0.6) is 0 Å². The van der Waals surface area contributed by atoms with Gasteiger partial charge in [-0.15, -0.1) is 0 Å². The first kappa shape index (κ1) is 20.8. The molecule has 3 rings (SSSR count). The van der Waals surface area contributed by atoms with Crippen LogP contribution in [0.3, 0.4) is 0 Å². The molecule has 0 saturated heterocycles. The fourth-order valence-electron chi connectivity index (χ4n) is 4.04. The Morgan fingerprint density at radius 2 is 1.89 bits per heavy atom. The van der Waals surface area contributed by atoms with E-state index in [-0.39, 0.29) is 11.5 Å². The molecular weight excluding hydrogens is 374 g/mol. The normalized spacial score (nSPS) is 20.2. The van der Waals surface area contributed by atoms with Crippen LogP contribution in [0.4, 0.5) is 0 Å². The van der Waals surface area contributed by atoms with Crippen LogP contribution in [0.2, 0.25) is 0 Å². The summed E-state index contributed by atoms with van der Waals surface area (Å²) in [5.41, 5.74) is 2.24. The van der Waals surface area contributed by atoms with E-state index in [1.54, 1.807) is 6.92 Å². The van der Waals surface area contributed by atoms with Crippen molar-refractivity contribution in [1.29, 1.82) is 0 Å². The highest BCUT2D eigenvalue weighted by atomic mass is 32.2. The summed E-state index contributed by atoms with van der Waals surface area (Å²) in [6, 6.07) is 7.67. The van der Waals surface area contributed by atoms with Gasteiger partial charge in [-0.05, 0) is 43.7 Å². The van der Waals surface area contributed by atoms with Crippen molar-refractivity contribution in [2.75, 3.05) is 5.75 Å². The fraction of sp³-hybridized carbons (Fsp3) is 0.545. The predicted molar refractivity (Wildman–Crippen MR) is 110 cm³/mol. The Balaban J connectivity index is 1.67. The first-order valence-corrected chi connectivity index (χ1v) is 11.8. The summed E-state index contributed by atoms with van der Waals surface area (Å²) in [4.78, 5) is 16.8. The zero-order chi connectivity index (χ0) is 20.3. The van der Waals surface area contributed by atoms with Crippen LogP contribution in [0.15, 0.2) is 28.7 Å². The monoisotopic (exact) mass is 403 g/mol. The quantitative estimate of drug-likeness (QED) is 0.672. The summed E-state index contributed by atoms with van der Waals surface area (Å²) >= 11 is 0. The molecule has 1 fully saturated rings. The Bertz CT molecular complexity index is 945. The van der Waals surface area contributed by atoms with Crippen LogP contribution in [0.1, 0.15) is 56.0 Å². The molecule has 0 N–H and O–H groups in total. The first-order valence-electron chi connectivity index (χ1n) is 9.99. The van der Waals surface area contributed by atoms with Gasteiger partial charge < -0.3 is 4.42 Å². The van der Waals surface area contributed by atoms with Gasteiger partial charge in [-0.25, -0.2) is 13.4 Å². The molecule has 1 aliphatic carbocycles. The largest absolute Gasteiger partial charge is 0.441 e. The van der Waals surface area contributed by atoms with E-state index in [4.69, 9.17) is 4.42 Å². The molecule has 5 nitrogen and oxygen atoms in total. The lowest BCUT2D eigenvalue weighted by Gasteiger charge is -2.28. The number of hydrogen-bond donors (Lipinski definition) is 0. The molecule has 1 saturated carbocycles. The Hall–Kier alpha value is -1.95. The van der Waals surface area contributed by atoms with Gasteiger partial charge in [0.05, 0.1) is 11.4 Å². The van der Waals surface area contributed by atoms with Gasteiger partial charge >= 0.3 is 0 Å². The molecule has 0 spiro atoms. The van der Waals surface area contributed by atoms with Gasteiger partial charge in [-0.1, -0.05) is 44.4 Å². The van der Waals surface area contributed by atoms with Crippen LogP contribution in [0.25, 0.3) is 11.5 Å². The second kappa shape index (κ2) is 8.60. The minimum Gasteiger partial charge on any atom is -0.441 e. The molecule has 2 aromatic rings. The maximum absolute atomic E-state index is 12.6. The fourth-order valence-corrected chi connectivity index (χ4v) is 5.44. The van der Waals surface area contributed by atoms with Gasteiger partial charge in [0.2, 0.25) is 5.89 Å². The number of oxazole rings is 1. The van der Waals surface area contributed by atoms with Crippen molar-refractivity contribution in [3.05, 3.63) is 41.3 Å². The number of carbonyl (C=O) groups excluding carboxylic acids is 1. The summed E-state index contributed by atoms with van der Waals surface area (Å²) in [5.74, 6) is 0.854. The average molecular weight is 404 g/mol. The van der Waals surface area contributed by atoms with Crippen molar-refractivity contribution in [2.45, 2.75) is 58.6 Å². The predicted octanol–water partition coefficient (Wildman–Crippen LogP) is 4.66. The molecule has 0 aliphatic heterocycles. The standard InChI is InChI=1S/C22H29NO4S/c1-15-8-4-6-10-18(15)12-19(24)13-28(25,26)14-21-17(3)27-22(23-21)20-11-7-5-9-16(20)2/h5,7,9,11,15,18H,4,6,8,10,12-14H2,1-3H3. The maximum Gasteiger partial charge on any atom is 0.226 e. The summed E-state index contributed by atoms with van der Waals surface area (Å²) in [7, 11) is -3.58. The van der Waals surface area contributed by atoms with E-state index in [0.29, 0.717) is 35.6 Å². The average Bonchev–Trinajstić information content (AvgIpc) is 2.96. The molecule has 0 amide bonds. The molecule has 1 aliphatic rings. The van der Waals surface area contributed by atoms with E-state index < -0.39 is 15.6 Å². The molecule has 28 heavy (non-hydrogen) atoms. The minimum absolute atomic E-state index is 0.181. The number of aryl methyl sites for hydroxylation is 2. The van der Waals surface area contributed by atoms with Crippen LogP contribution in [-0.2, 0) is 20.4 Å². The van der Waals surface area contributed by atoms with Crippen LogP contribution < -0.4 is 0 Å². The number of aromatic nitrogens is 1. The Kier molecular flexibility index (Phi) is 6.38. The second-order valence-corrected chi connectivity index (χ2v) is 10.2. The third kappa shape index (κ3) is 5.10. The lowest BCUT2D eigenvalue weighted by atomic mass is 9.78. The summed E-state index contributed by atoms with van der Waals surface area (Å²) in [5, 5.41) is 0. The number of hydrogen-bond acceptors (Lipinski definition) is 5. The van der Waals surface area contributed by atoms with Gasteiger partial charge in [0.15, 0.2) is 9.84 Å². The Morgan fingerprint density at radius 1 is 1.18 bits per heavy atom. The molecule has 6 heteroatoms. The highest BCUT2D eigenvalue weighted by Gasteiger charge is 2.27. The number of carbonyl (C=O) groups is 1. The van der Waals surface area contributed by atoms with E-state index in [2.05, 4.69) is 11.9 Å². The maximum atomic E-state index is 12.6. The molecule has 2 atom stereocenters. The van der Waals surface area contributed by atoms with Gasteiger partial charge in [0.1, 0.15) is 17.3 Å². The number of ketones is 1. The molecule has 2 unspecified atom stereocenters. The van der Waals surface area contributed by atoms with Crippen LogP contribution >= 0.6 is 0 Å². The van der Waals surface area contributed by atoms with E-state index in [9.17, 15) is 13.2 Å². The summed E-state index contributed by atoms with van der Waals surface area (Å²) in [6.45, 7) is 5.83. The minimum atomic E-state index is -3.58. The van der Waals surface area contributed by atoms with E-state index in [1.165, 1.54) is 6.42 Å². The van der Waals surface area contributed by atoms with Gasteiger partial charge in [0, 0.05) is 12.0 Å². The molecule has 1 heterocycles. The number of nitrogens with zero attached hydrogens (tertiary/aromatic N) is 1. The number of Topliss-reactive ketones (excluding diaryl/α,β-unsaturated/α-hetero) is 1. The highest BCUT2D eigenvalue weighted by Crippen LogP contribution is 2.32. The zero-order valence-corrected chi connectivity index (χ0v) is 17.7. The van der Waals surface area contributed by atoms with Gasteiger partial charge in [-0.3, -0.25) is 4.79 Å². The molecule has 1 aromatic heterocycles. The third-order valence-electron chi connectivity index (χ3n) is 5.78. The molecule has 152 valence electrons. The SMILES string of the molecule is Cc1ccccc1-c1nc(CS(=O)(=O)CC(=O)CC2CCCCC2C)c(C)o1. The van der Waals surface area contributed by atoms with E-state index in [1.807, 2.05) is 31.2 Å². The van der Waals surface area contributed by atoms with Crippen molar-refractivity contribution in [2.24, 2.45) is 11.8 Å². The van der Waals surface area contributed by atoms with Crippen molar-refractivity contribution < 1.29 is 17.6 Å². The topological polar surface area (TPSA) is 77.2 Å². The van der Waals surface area contributed by atoms with Gasteiger partial charge in [0.25, 0.3) is 0 Å². The van der Waals surface area contributed by atoms with Crippen molar-refractivity contribution >= 4 is 15.6 Å².